The maximum absolute atomic E-state index is 12.0. The molecule has 1 aromatic rings. The summed E-state index contributed by atoms with van der Waals surface area (Å²) in [6.07, 6.45) is 3.98. The molecule has 7 nitrogen and oxygen atoms in total. The summed E-state index contributed by atoms with van der Waals surface area (Å²) in [6.45, 7) is 0.203. The number of hydrogen-bond donors (Lipinski definition) is 3. The van der Waals surface area contributed by atoms with Gasteiger partial charge in [-0.25, -0.2) is 10.5 Å². The molecule has 0 aliphatic rings. The Kier molecular flexibility index (Phi) is 11.2. The average molecular weight is 411 g/mol. The van der Waals surface area contributed by atoms with Crippen LogP contribution in [0.25, 0.3) is 0 Å². The first-order valence-corrected chi connectivity index (χ1v) is 12.7. The van der Waals surface area contributed by atoms with E-state index in [0.717, 1.165) is 31.4 Å². The van der Waals surface area contributed by atoms with Crippen LogP contribution < -0.4 is 5.90 Å². The summed E-state index contributed by atoms with van der Waals surface area (Å²) in [5.41, 5.74) is 0. The largest absolute Gasteiger partial charge is 0.347 e. The number of unbranched alkanes of at least 4 members (excludes halogenated alkanes) is 4. The molecular weight excluding hydrogens is 384 g/mol. The zero-order valence-electron chi connectivity index (χ0n) is 14.2. The van der Waals surface area contributed by atoms with Crippen LogP contribution in [0.2, 0.25) is 0 Å². The predicted molar refractivity (Wildman–Crippen MR) is 101 cm³/mol. The number of hydrogen-bond acceptors (Lipinski definition) is 6. The first-order chi connectivity index (χ1) is 11.8. The smallest absolute Gasteiger partial charge is 0.324 e. The number of benzene rings is 1. The van der Waals surface area contributed by atoms with Crippen LogP contribution in [0.5, 0.6) is 0 Å². The van der Waals surface area contributed by atoms with Gasteiger partial charge in [-0.3, -0.25) is 9.13 Å². The van der Waals surface area contributed by atoms with Gasteiger partial charge >= 0.3 is 15.2 Å². The van der Waals surface area contributed by atoms with Crippen molar-refractivity contribution in [2.75, 3.05) is 24.7 Å². The van der Waals surface area contributed by atoms with Gasteiger partial charge in [-0.2, -0.15) is 0 Å². The molecule has 25 heavy (non-hydrogen) atoms. The molecule has 0 radical (unpaired) electrons. The molecule has 10 heteroatoms. The van der Waals surface area contributed by atoms with E-state index in [-0.39, 0.29) is 12.8 Å². The zero-order valence-corrected chi connectivity index (χ0v) is 16.8. The van der Waals surface area contributed by atoms with E-state index in [1.807, 2.05) is 30.0 Å². The van der Waals surface area contributed by atoms with Crippen LogP contribution in [0.15, 0.2) is 35.2 Å². The van der Waals surface area contributed by atoms with Crippen LogP contribution in [0.4, 0.5) is 0 Å². The molecule has 1 rings (SSSR count). The Morgan fingerprint density at radius 1 is 0.960 bits per heavy atom. The van der Waals surface area contributed by atoms with Gasteiger partial charge in [0.15, 0.2) is 0 Å². The Balaban J connectivity index is 2.03. The van der Waals surface area contributed by atoms with E-state index in [1.165, 1.54) is 4.90 Å². The van der Waals surface area contributed by atoms with E-state index in [4.69, 9.17) is 20.2 Å². The maximum atomic E-state index is 12.0. The van der Waals surface area contributed by atoms with Crippen molar-refractivity contribution in [1.29, 1.82) is 0 Å². The number of thioether (sulfide) groups is 1. The second-order valence-electron chi connectivity index (χ2n) is 5.59. The van der Waals surface area contributed by atoms with E-state index < -0.39 is 21.4 Å². The van der Waals surface area contributed by atoms with E-state index >= 15 is 0 Å². The monoisotopic (exact) mass is 411 g/mol. The van der Waals surface area contributed by atoms with Crippen molar-refractivity contribution in [2.45, 2.75) is 37.0 Å². The fourth-order valence-corrected chi connectivity index (χ4v) is 5.70. The lowest BCUT2D eigenvalue weighted by Gasteiger charge is -2.15. The molecule has 0 aromatic heterocycles. The van der Waals surface area contributed by atoms with Gasteiger partial charge in [-0.05, 0) is 30.7 Å². The highest BCUT2D eigenvalue weighted by Gasteiger charge is 2.28. The van der Waals surface area contributed by atoms with Gasteiger partial charge < -0.3 is 14.3 Å². The molecule has 0 saturated carbocycles. The summed E-state index contributed by atoms with van der Waals surface area (Å²) in [6, 6.07) is 10.3. The molecule has 0 aliphatic heterocycles. The Hall–Kier alpha value is -0.170. The summed E-state index contributed by atoms with van der Waals surface area (Å²) >= 11 is 1.85. The first kappa shape index (κ1) is 22.9. The van der Waals surface area contributed by atoms with Gasteiger partial charge in [0.1, 0.15) is 0 Å². The molecule has 0 bridgehead atoms. The van der Waals surface area contributed by atoms with Crippen molar-refractivity contribution in [3.05, 3.63) is 30.3 Å². The van der Waals surface area contributed by atoms with Crippen LogP contribution in [0.3, 0.4) is 0 Å². The minimum absolute atomic E-state index is 0.203. The Morgan fingerprint density at radius 2 is 1.60 bits per heavy atom. The molecule has 4 N–H and O–H groups in total. The van der Waals surface area contributed by atoms with Crippen LogP contribution in [-0.4, -0.2) is 34.5 Å². The Labute approximate surface area is 153 Å². The molecule has 0 heterocycles. The highest BCUT2D eigenvalue weighted by molar-refractivity contribution is 7.99. The molecular formula is C15H27NO6P2S. The van der Waals surface area contributed by atoms with E-state index in [2.05, 4.69) is 16.8 Å². The minimum atomic E-state index is -4.25. The molecule has 0 saturated heterocycles. The van der Waals surface area contributed by atoms with Gasteiger partial charge in [0, 0.05) is 4.90 Å². The highest BCUT2D eigenvalue weighted by Crippen LogP contribution is 2.50. The summed E-state index contributed by atoms with van der Waals surface area (Å²) < 4.78 is 32.3. The molecule has 1 unspecified atom stereocenters. The van der Waals surface area contributed by atoms with Crippen LogP contribution in [-0.2, 0) is 18.3 Å². The zero-order chi connectivity index (χ0) is 18.6. The third-order valence-electron chi connectivity index (χ3n) is 3.41. The van der Waals surface area contributed by atoms with Crippen molar-refractivity contribution < 1.29 is 28.1 Å². The molecule has 0 fully saturated rings. The molecule has 0 amide bonds. The summed E-state index contributed by atoms with van der Waals surface area (Å²) in [4.78, 5) is 18.9. The van der Waals surface area contributed by atoms with Crippen molar-refractivity contribution in [3.63, 3.8) is 0 Å². The van der Waals surface area contributed by atoms with Gasteiger partial charge in [-0.1, -0.05) is 37.5 Å². The summed E-state index contributed by atoms with van der Waals surface area (Å²) in [5, 5.41) is 0. The number of nitrogens with two attached hydrogens (primary N) is 1. The topological polar surface area (TPSA) is 119 Å². The molecule has 1 aromatic carbocycles. The van der Waals surface area contributed by atoms with Crippen molar-refractivity contribution in [1.82, 2.24) is 0 Å². The van der Waals surface area contributed by atoms with Crippen molar-refractivity contribution in [2.24, 2.45) is 5.90 Å². The third kappa shape index (κ3) is 11.9. The highest BCUT2D eigenvalue weighted by atomic mass is 32.2. The molecule has 0 spiro atoms. The average Bonchev–Trinajstić information content (AvgIpc) is 2.59. The molecule has 0 aliphatic carbocycles. The standard InChI is InChI=1S/C15H27NO6P2S/c16-22-24(20,13-12-23(17,18)19)21-11-7-2-1-3-8-14-25-15-9-5-4-6-10-15/h4-6,9-10H,1-3,7-8,11-14,16H2,(H2,17,18,19). The normalized spacial score (nSPS) is 14.4. The quantitative estimate of drug-likeness (QED) is 0.182. The maximum Gasteiger partial charge on any atom is 0.347 e. The predicted octanol–water partition coefficient (Wildman–Crippen LogP) is 4.01. The first-order valence-electron chi connectivity index (χ1n) is 8.19. The summed E-state index contributed by atoms with van der Waals surface area (Å²) in [7, 11) is -7.86. The molecule has 144 valence electrons. The minimum Gasteiger partial charge on any atom is -0.324 e. The fraction of sp³-hybridized carbons (Fsp3) is 0.600. The van der Waals surface area contributed by atoms with Crippen molar-refractivity contribution >= 4 is 27.0 Å². The lowest BCUT2D eigenvalue weighted by Crippen LogP contribution is -2.08. The van der Waals surface area contributed by atoms with Gasteiger partial charge in [0.25, 0.3) is 0 Å². The van der Waals surface area contributed by atoms with Gasteiger partial charge in [0.05, 0.1) is 18.9 Å². The van der Waals surface area contributed by atoms with Crippen LogP contribution in [0, 0.1) is 0 Å². The second kappa shape index (κ2) is 12.3. The third-order valence-corrected chi connectivity index (χ3v) is 7.34. The second-order valence-corrected chi connectivity index (χ2v) is 10.7. The van der Waals surface area contributed by atoms with E-state index in [9.17, 15) is 9.13 Å². The van der Waals surface area contributed by atoms with E-state index in [0.29, 0.717) is 6.42 Å². The van der Waals surface area contributed by atoms with Gasteiger partial charge in [0.2, 0.25) is 0 Å². The molecule has 1 atom stereocenters. The lowest BCUT2D eigenvalue weighted by atomic mass is 10.2. The fourth-order valence-electron chi connectivity index (χ4n) is 2.05. The Bertz CT molecular complexity index is 568. The summed E-state index contributed by atoms with van der Waals surface area (Å²) in [5.74, 6) is 6.02. The van der Waals surface area contributed by atoms with Gasteiger partial charge in [-0.15, -0.1) is 11.8 Å². The van der Waals surface area contributed by atoms with Crippen LogP contribution in [0.1, 0.15) is 32.1 Å². The number of rotatable bonds is 14. The Morgan fingerprint density at radius 3 is 2.24 bits per heavy atom. The van der Waals surface area contributed by atoms with Crippen molar-refractivity contribution in [3.8, 4) is 0 Å². The van der Waals surface area contributed by atoms with Crippen LogP contribution >= 0.6 is 27.0 Å². The lowest BCUT2D eigenvalue weighted by molar-refractivity contribution is 0.204. The van der Waals surface area contributed by atoms with E-state index in [1.54, 1.807) is 0 Å². The SMILES string of the molecule is NOP(=O)(CCP(=O)(O)O)OCCCCCCCSc1ccccc1.